The molecule has 5 heteroatoms. The van der Waals surface area contributed by atoms with Crippen LogP contribution >= 0.6 is 11.6 Å². The standard InChI is InChI=1S/C19H18ClN3O/c20-14-5-3-4-13(12-14)19(9-10-19)18(24)21-11-8-17-22-15-6-1-2-7-16(15)23-17/h1-7,12H,8-11H2,(H,21,24)(H,22,23). The van der Waals surface area contributed by atoms with Gasteiger partial charge in [0.05, 0.1) is 16.4 Å². The van der Waals surface area contributed by atoms with Crippen LogP contribution in [-0.2, 0) is 16.6 Å². The summed E-state index contributed by atoms with van der Waals surface area (Å²) in [5.41, 5.74) is 2.60. The zero-order chi connectivity index (χ0) is 16.6. The molecule has 0 saturated heterocycles. The number of halogens is 1. The lowest BCUT2D eigenvalue weighted by Crippen LogP contribution is -2.36. The van der Waals surface area contributed by atoms with Crippen LogP contribution in [0, 0.1) is 0 Å². The lowest BCUT2D eigenvalue weighted by molar-refractivity contribution is -0.123. The van der Waals surface area contributed by atoms with Crippen LogP contribution in [0.25, 0.3) is 11.0 Å². The molecular weight excluding hydrogens is 322 g/mol. The van der Waals surface area contributed by atoms with Gasteiger partial charge in [-0.1, -0.05) is 35.9 Å². The first-order valence-corrected chi connectivity index (χ1v) is 8.53. The van der Waals surface area contributed by atoms with Crippen LogP contribution in [0.4, 0.5) is 0 Å². The van der Waals surface area contributed by atoms with E-state index in [1.807, 2.05) is 48.5 Å². The first-order valence-electron chi connectivity index (χ1n) is 8.15. The predicted octanol–water partition coefficient (Wildman–Crippen LogP) is 3.61. The summed E-state index contributed by atoms with van der Waals surface area (Å²) in [7, 11) is 0. The van der Waals surface area contributed by atoms with Crippen molar-refractivity contribution in [3.05, 3.63) is 64.9 Å². The van der Waals surface area contributed by atoms with Crippen molar-refractivity contribution in [2.24, 2.45) is 0 Å². The van der Waals surface area contributed by atoms with Gasteiger partial charge in [-0.2, -0.15) is 0 Å². The molecule has 0 radical (unpaired) electrons. The molecule has 1 aliphatic rings. The number of rotatable bonds is 5. The fourth-order valence-electron chi connectivity index (χ4n) is 3.15. The zero-order valence-corrected chi connectivity index (χ0v) is 13.9. The number of aromatic amines is 1. The number of carbonyl (C=O) groups is 1. The minimum absolute atomic E-state index is 0.0841. The molecule has 1 saturated carbocycles. The van der Waals surface area contributed by atoms with E-state index in [2.05, 4.69) is 15.3 Å². The van der Waals surface area contributed by atoms with Crippen LogP contribution in [0.1, 0.15) is 24.2 Å². The Bertz CT molecular complexity index is 865. The fourth-order valence-corrected chi connectivity index (χ4v) is 3.34. The molecule has 4 rings (SSSR count). The largest absolute Gasteiger partial charge is 0.355 e. The molecule has 0 spiro atoms. The van der Waals surface area contributed by atoms with Gasteiger partial charge in [-0.05, 0) is 42.7 Å². The minimum Gasteiger partial charge on any atom is -0.355 e. The van der Waals surface area contributed by atoms with Crippen molar-refractivity contribution in [3.63, 3.8) is 0 Å². The summed E-state index contributed by atoms with van der Waals surface area (Å²) >= 11 is 6.06. The van der Waals surface area contributed by atoms with E-state index >= 15 is 0 Å². The van der Waals surface area contributed by atoms with Crippen molar-refractivity contribution in [1.29, 1.82) is 0 Å². The van der Waals surface area contributed by atoms with E-state index in [0.29, 0.717) is 18.0 Å². The van der Waals surface area contributed by atoms with Crippen molar-refractivity contribution in [2.45, 2.75) is 24.7 Å². The quantitative estimate of drug-likeness (QED) is 0.746. The SMILES string of the molecule is O=C(NCCc1nc2ccccc2[nH]1)C1(c2cccc(Cl)c2)CC1. The molecule has 0 unspecified atom stereocenters. The molecule has 1 aromatic heterocycles. The number of para-hydroxylation sites is 2. The Morgan fingerprint density at radius 3 is 2.79 bits per heavy atom. The number of amides is 1. The minimum atomic E-state index is -0.390. The van der Waals surface area contributed by atoms with Gasteiger partial charge in [-0.15, -0.1) is 0 Å². The number of benzene rings is 2. The van der Waals surface area contributed by atoms with Crippen LogP contribution < -0.4 is 5.32 Å². The van der Waals surface area contributed by atoms with E-state index in [4.69, 9.17) is 11.6 Å². The van der Waals surface area contributed by atoms with E-state index in [1.165, 1.54) is 0 Å². The van der Waals surface area contributed by atoms with E-state index in [-0.39, 0.29) is 5.91 Å². The monoisotopic (exact) mass is 339 g/mol. The van der Waals surface area contributed by atoms with Gasteiger partial charge < -0.3 is 10.3 Å². The zero-order valence-electron chi connectivity index (χ0n) is 13.2. The molecule has 1 aliphatic carbocycles. The summed E-state index contributed by atoms with van der Waals surface area (Å²) in [6.45, 7) is 0.570. The second-order valence-electron chi connectivity index (χ2n) is 6.30. The van der Waals surface area contributed by atoms with Gasteiger partial charge in [0, 0.05) is 18.0 Å². The molecule has 1 amide bonds. The Labute approximate surface area is 145 Å². The molecule has 1 heterocycles. The van der Waals surface area contributed by atoms with Gasteiger partial charge in [0.1, 0.15) is 5.82 Å². The second kappa shape index (κ2) is 5.95. The van der Waals surface area contributed by atoms with Gasteiger partial charge in [-0.25, -0.2) is 4.98 Å². The van der Waals surface area contributed by atoms with Gasteiger partial charge in [0.15, 0.2) is 0 Å². The average molecular weight is 340 g/mol. The first-order chi connectivity index (χ1) is 11.7. The molecule has 3 aromatic rings. The summed E-state index contributed by atoms with van der Waals surface area (Å²) < 4.78 is 0. The number of hydrogen-bond donors (Lipinski definition) is 2. The Kier molecular flexibility index (Phi) is 3.77. The summed E-state index contributed by atoms with van der Waals surface area (Å²) in [5, 5.41) is 3.73. The maximum atomic E-state index is 12.6. The number of nitrogens with one attached hydrogen (secondary N) is 2. The van der Waals surface area contributed by atoms with Crippen LogP contribution in [0.5, 0.6) is 0 Å². The molecule has 0 atom stereocenters. The number of aromatic nitrogens is 2. The van der Waals surface area contributed by atoms with Gasteiger partial charge in [0.25, 0.3) is 0 Å². The third-order valence-electron chi connectivity index (χ3n) is 4.65. The Morgan fingerprint density at radius 2 is 2.04 bits per heavy atom. The molecule has 4 nitrogen and oxygen atoms in total. The smallest absolute Gasteiger partial charge is 0.230 e. The number of carbonyl (C=O) groups excluding carboxylic acids is 1. The highest BCUT2D eigenvalue weighted by Crippen LogP contribution is 2.48. The number of hydrogen-bond acceptors (Lipinski definition) is 2. The third-order valence-corrected chi connectivity index (χ3v) is 4.88. The second-order valence-corrected chi connectivity index (χ2v) is 6.74. The van der Waals surface area contributed by atoms with Crippen LogP contribution in [-0.4, -0.2) is 22.4 Å². The summed E-state index contributed by atoms with van der Waals surface area (Å²) in [5.74, 6) is 0.977. The first kappa shape index (κ1) is 15.2. The molecule has 2 aromatic carbocycles. The van der Waals surface area contributed by atoms with E-state index in [1.54, 1.807) is 0 Å². The van der Waals surface area contributed by atoms with Gasteiger partial charge in [0.2, 0.25) is 5.91 Å². The molecule has 122 valence electrons. The summed E-state index contributed by atoms with van der Waals surface area (Å²) in [4.78, 5) is 20.4. The average Bonchev–Trinajstić information content (AvgIpc) is 3.29. The molecule has 2 N–H and O–H groups in total. The summed E-state index contributed by atoms with van der Waals surface area (Å²) in [6, 6.07) is 15.5. The maximum absolute atomic E-state index is 12.6. The molecular formula is C19H18ClN3O. The molecule has 1 fully saturated rings. The maximum Gasteiger partial charge on any atom is 0.230 e. The Hall–Kier alpha value is -2.33. The van der Waals surface area contributed by atoms with Crippen LogP contribution in [0.2, 0.25) is 5.02 Å². The number of nitrogens with zero attached hydrogens (tertiary/aromatic N) is 1. The van der Waals surface area contributed by atoms with Crippen molar-refractivity contribution >= 4 is 28.5 Å². The van der Waals surface area contributed by atoms with Crippen molar-refractivity contribution in [2.75, 3.05) is 6.54 Å². The number of H-pyrrole nitrogens is 1. The van der Waals surface area contributed by atoms with Gasteiger partial charge in [-0.3, -0.25) is 4.79 Å². The Balaban J connectivity index is 1.40. The van der Waals surface area contributed by atoms with E-state index in [0.717, 1.165) is 35.3 Å². The molecule has 0 aliphatic heterocycles. The Morgan fingerprint density at radius 1 is 1.21 bits per heavy atom. The van der Waals surface area contributed by atoms with Crippen LogP contribution in [0.15, 0.2) is 48.5 Å². The van der Waals surface area contributed by atoms with Crippen molar-refractivity contribution in [3.8, 4) is 0 Å². The van der Waals surface area contributed by atoms with Crippen molar-refractivity contribution < 1.29 is 4.79 Å². The van der Waals surface area contributed by atoms with Crippen LogP contribution in [0.3, 0.4) is 0 Å². The normalized spacial score (nSPS) is 15.4. The lowest BCUT2D eigenvalue weighted by Gasteiger charge is -2.15. The molecule has 0 bridgehead atoms. The van der Waals surface area contributed by atoms with E-state index < -0.39 is 5.41 Å². The highest BCUT2D eigenvalue weighted by molar-refractivity contribution is 6.30. The number of fused-ring (bicyclic) bond motifs is 1. The number of imidazole rings is 1. The van der Waals surface area contributed by atoms with E-state index in [9.17, 15) is 4.79 Å². The lowest BCUT2D eigenvalue weighted by atomic mass is 9.95. The molecule has 24 heavy (non-hydrogen) atoms. The third kappa shape index (κ3) is 2.78. The summed E-state index contributed by atoms with van der Waals surface area (Å²) in [6.07, 6.45) is 2.44. The predicted molar refractivity (Wildman–Crippen MR) is 95.2 cm³/mol. The topological polar surface area (TPSA) is 57.8 Å². The highest BCUT2D eigenvalue weighted by atomic mass is 35.5. The van der Waals surface area contributed by atoms with Gasteiger partial charge >= 0.3 is 0 Å². The van der Waals surface area contributed by atoms with Crippen molar-refractivity contribution in [1.82, 2.24) is 15.3 Å². The highest BCUT2D eigenvalue weighted by Gasteiger charge is 2.51. The fraction of sp³-hybridized carbons (Fsp3) is 0.263.